The average Bonchev–Trinajstić information content (AvgIpc) is 3.20. The summed E-state index contributed by atoms with van der Waals surface area (Å²) in [5.41, 5.74) is 2.08. The molecule has 0 spiro atoms. The van der Waals surface area contributed by atoms with Crippen molar-refractivity contribution in [1.29, 1.82) is 0 Å². The number of amides is 2. The molecule has 0 unspecified atom stereocenters. The van der Waals surface area contributed by atoms with Gasteiger partial charge in [-0.1, -0.05) is 19.1 Å². The Bertz CT molecular complexity index is 1170. The largest absolute Gasteiger partial charge is 0.299 e. The number of thiophene rings is 1. The van der Waals surface area contributed by atoms with E-state index in [9.17, 15) is 14.4 Å². The van der Waals surface area contributed by atoms with E-state index in [2.05, 4.69) is 11.9 Å². The first kappa shape index (κ1) is 18.2. The summed E-state index contributed by atoms with van der Waals surface area (Å²) in [6.07, 6.45) is 5.18. The van der Waals surface area contributed by atoms with Crippen LogP contribution in [0.1, 0.15) is 50.9 Å². The van der Waals surface area contributed by atoms with E-state index in [4.69, 9.17) is 0 Å². The van der Waals surface area contributed by atoms with Crippen molar-refractivity contribution >= 4 is 33.4 Å². The highest BCUT2D eigenvalue weighted by atomic mass is 32.1. The van der Waals surface area contributed by atoms with Crippen molar-refractivity contribution in [3.63, 3.8) is 0 Å². The predicted octanol–water partition coefficient (Wildman–Crippen LogP) is 3.27. The van der Waals surface area contributed by atoms with E-state index < -0.39 is 0 Å². The van der Waals surface area contributed by atoms with Gasteiger partial charge in [-0.3, -0.25) is 23.9 Å². The second kappa shape index (κ2) is 6.91. The Labute approximate surface area is 171 Å². The number of rotatable bonds is 4. The smallest absolute Gasteiger partial charge is 0.262 e. The highest BCUT2D eigenvalue weighted by Crippen LogP contribution is 2.35. The maximum absolute atomic E-state index is 13.1. The van der Waals surface area contributed by atoms with Crippen molar-refractivity contribution in [2.24, 2.45) is 5.92 Å². The van der Waals surface area contributed by atoms with E-state index in [0.717, 1.165) is 29.5 Å². The minimum absolute atomic E-state index is 0.00980. The summed E-state index contributed by atoms with van der Waals surface area (Å²) in [5.74, 6) is 0.137. The van der Waals surface area contributed by atoms with Crippen LogP contribution in [0.3, 0.4) is 0 Å². The Morgan fingerprint density at radius 1 is 1.10 bits per heavy atom. The first-order chi connectivity index (χ1) is 14.0. The molecule has 0 N–H and O–H groups in total. The lowest BCUT2D eigenvalue weighted by Gasteiger charge is -2.17. The van der Waals surface area contributed by atoms with Crippen LogP contribution in [-0.2, 0) is 19.4 Å². The fraction of sp³-hybridized carbons (Fsp3) is 0.364. The van der Waals surface area contributed by atoms with Crippen LogP contribution in [0.15, 0.2) is 35.4 Å². The molecule has 1 aliphatic heterocycles. The van der Waals surface area contributed by atoms with Crippen molar-refractivity contribution in [1.82, 2.24) is 14.5 Å². The van der Waals surface area contributed by atoms with Crippen LogP contribution in [0.2, 0.25) is 0 Å². The van der Waals surface area contributed by atoms with Crippen LogP contribution in [-0.4, -0.2) is 32.8 Å². The molecule has 5 rings (SSSR count). The second-order valence-electron chi connectivity index (χ2n) is 7.94. The van der Waals surface area contributed by atoms with Crippen molar-refractivity contribution in [2.75, 3.05) is 6.54 Å². The van der Waals surface area contributed by atoms with Gasteiger partial charge in [0.25, 0.3) is 17.4 Å². The van der Waals surface area contributed by atoms with Crippen molar-refractivity contribution in [2.45, 2.75) is 39.2 Å². The number of carbonyl (C=O) groups excluding carboxylic acids is 2. The first-order valence-electron chi connectivity index (χ1n) is 9.99. The molecule has 0 bridgehead atoms. The van der Waals surface area contributed by atoms with Crippen LogP contribution in [0, 0.1) is 5.92 Å². The maximum Gasteiger partial charge on any atom is 0.262 e. The summed E-state index contributed by atoms with van der Waals surface area (Å²) >= 11 is 1.64. The number of carbonyl (C=O) groups is 2. The van der Waals surface area contributed by atoms with Gasteiger partial charge in [0.05, 0.1) is 22.8 Å². The molecule has 1 aromatic carbocycles. The van der Waals surface area contributed by atoms with Gasteiger partial charge in [0, 0.05) is 18.0 Å². The Morgan fingerprint density at radius 2 is 1.83 bits per heavy atom. The number of nitrogens with zero attached hydrogens (tertiary/aromatic N) is 3. The van der Waals surface area contributed by atoms with Crippen molar-refractivity contribution < 1.29 is 9.59 Å². The van der Waals surface area contributed by atoms with Gasteiger partial charge >= 0.3 is 0 Å². The van der Waals surface area contributed by atoms with Gasteiger partial charge in [-0.2, -0.15) is 0 Å². The molecule has 0 saturated heterocycles. The van der Waals surface area contributed by atoms with Crippen LogP contribution < -0.4 is 5.56 Å². The van der Waals surface area contributed by atoms with Gasteiger partial charge in [0.15, 0.2) is 0 Å². The highest BCUT2D eigenvalue weighted by molar-refractivity contribution is 7.18. The molecule has 1 atom stereocenters. The van der Waals surface area contributed by atoms with E-state index in [1.54, 1.807) is 46.5 Å². The highest BCUT2D eigenvalue weighted by Gasteiger charge is 2.34. The van der Waals surface area contributed by atoms with Gasteiger partial charge in [-0.05, 0) is 49.3 Å². The average molecular weight is 407 g/mol. The van der Waals surface area contributed by atoms with Gasteiger partial charge in [0.1, 0.15) is 4.83 Å². The molecule has 29 heavy (non-hydrogen) atoms. The monoisotopic (exact) mass is 407 g/mol. The van der Waals surface area contributed by atoms with Crippen LogP contribution in [0.5, 0.6) is 0 Å². The third-order valence-corrected chi connectivity index (χ3v) is 7.10. The van der Waals surface area contributed by atoms with Gasteiger partial charge in [-0.15, -0.1) is 11.3 Å². The van der Waals surface area contributed by atoms with Crippen molar-refractivity contribution in [3.8, 4) is 0 Å². The number of hydrogen-bond donors (Lipinski definition) is 0. The normalized spacial score (nSPS) is 18.4. The molecule has 3 aromatic rings. The Morgan fingerprint density at radius 3 is 2.55 bits per heavy atom. The Kier molecular flexibility index (Phi) is 4.35. The number of benzene rings is 1. The summed E-state index contributed by atoms with van der Waals surface area (Å²) in [6, 6.07) is 6.88. The number of aryl methyl sites for hydroxylation is 2. The maximum atomic E-state index is 13.1. The number of hydrogen-bond acceptors (Lipinski definition) is 5. The van der Waals surface area contributed by atoms with E-state index in [1.807, 2.05) is 0 Å². The molecule has 2 amide bonds. The summed E-state index contributed by atoms with van der Waals surface area (Å²) in [5, 5.41) is 0.764. The summed E-state index contributed by atoms with van der Waals surface area (Å²) in [4.78, 5) is 45.9. The third-order valence-electron chi connectivity index (χ3n) is 5.94. The topological polar surface area (TPSA) is 72.3 Å². The van der Waals surface area contributed by atoms with Gasteiger partial charge < -0.3 is 0 Å². The first-order valence-corrected chi connectivity index (χ1v) is 10.8. The SMILES string of the molecule is C[C@@H]1CCc2c(sc3ncn(CCCN4C(=O)c5ccccc5C4=O)c(=O)c23)C1. The third kappa shape index (κ3) is 2.92. The Balaban J connectivity index is 1.34. The number of fused-ring (bicyclic) bond motifs is 4. The lowest BCUT2D eigenvalue weighted by molar-refractivity contribution is 0.0650. The zero-order valence-corrected chi connectivity index (χ0v) is 17.0. The molecule has 6 nitrogen and oxygen atoms in total. The predicted molar refractivity (Wildman–Crippen MR) is 111 cm³/mol. The van der Waals surface area contributed by atoms with E-state index in [-0.39, 0.29) is 23.9 Å². The molecule has 7 heteroatoms. The number of aromatic nitrogens is 2. The zero-order valence-electron chi connectivity index (χ0n) is 16.2. The van der Waals surface area contributed by atoms with Crippen LogP contribution >= 0.6 is 11.3 Å². The lowest BCUT2D eigenvalue weighted by Crippen LogP contribution is -2.32. The summed E-state index contributed by atoms with van der Waals surface area (Å²) < 4.78 is 1.62. The molecular weight excluding hydrogens is 386 g/mol. The minimum atomic E-state index is -0.257. The molecule has 2 aliphatic rings. The molecule has 0 radical (unpaired) electrons. The van der Waals surface area contributed by atoms with Crippen LogP contribution in [0.4, 0.5) is 0 Å². The summed E-state index contributed by atoms with van der Waals surface area (Å²) in [6.45, 7) is 2.96. The molecule has 148 valence electrons. The van der Waals surface area contributed by atoms with Gasteiger partial charge in [-0.25, -0.2) is 4.98 Å². The fourth-order valence-corrected chi connectivity index (χ4v) is 5.71. The van der Waals surface area contributed by atoms with E-state index in [1.165, 1.54) is 15.3 Å². The lowest BCUT2D eigenvalue weighted by atomic mass is 9.89. The standard InChI is InChI=1S/C22H21N3O3S/c1-13-7-8-16-17(11-13)29-19-18(16)22(28)24(12-23-19)9-4-10-25-20(26)14-5-2-3-6-15(14)21(25)27/h2-3,5-6,12-13H,4,7-11H2,1H3/t13-/m1/s1. The molecule has 2 aromatic heterocycles. The fourth-order valence-electron chi connectivity index (χ4n) is 4.37. The van der Waals surface area contributed by atoms with Gasteiger partial charge in [0.2, 0.25) is 0 Å². The van der Waals surface area contributed by atoms with E-state index in [0.29, 0.717) is 30.0 Å². The zero-order chi connectivity index (χ0) is 20.1. The quantitative estimate of drug-likeness (QED) is 0.623. The van der Waals surface area contributed by atoms with E-state index >= 15 is 0 Å². The number of imide groups is 1. The molecule has 3 heterocycles. The second-order valence-corrected chi connectivity index (χ2v) is 9.02. The molecule has 0 fully saturated rings. The molecule has 0 saturated carbocycles. The summed E-state index contributed by atoms with van der Waals surface area (Å²) in [7, 11) is 0. The Hall–Kier alpha value is -2.80. The minimum Gasteiger partial charge on any atom is -0.299 e. The van der Waals surface area contributed by atoms with Crippen LogP contribution in [0.25, 0.3) is 10.2 Å². The molecular formula is C22H21N3O3S. The molecule has 1 aliphatic carbocycles. The van der Waals surface area contributed by atoms with Crippen molar-refractivity contribution in [3.05, 3.63) is 62.5 Å².